The molecule has 0 aliphatic heterocycles. The van der Waals surface area contributed by atoms with Crippen LogP contribution in [0.15, 0.2) is 45.6 Å². The Labute approximate surface area is 251 Å². The second-order valence-corrected chi connectivity index (χ2v) is 12.3. The van der Waals surface area contributed by atoms with Gasteiger partial charge in [-0.3, -0.25) is 9.05 Å². The van der Waals surface area contributed by atoms with E-state index in [1.54, 1.807) is 18.2 Å². The largest absolute Gasteiger partial charge is 0.472 e. The van der Waals surface area contributed by atoms with Gasteiger partial charge in [-0.2, -0.15) is 0 Å². The predicted molar refractivity (Wildman–Crippen MR) is 171 cm³/mol. The summed E-state index contributed by atoms with van der Waals surface area (Å²) in [5, 5.41) is 10.9. The number of anilines is 1. The topological polar surface area (TPSA) is 135 Å². The monoisotopic (exact) mass is 608 g/mol. The highest BCUT2D eigenvalue weighted by molar-refractivity contribution is 7.47. The van der Waals surface area contributed by atoms with E-state index in [2.05, 4.69) is 11.8 Å². The minimum Gasteiger partial charge on any atom is -0.423 e. The molecular formula is C32H53N2O7P. The van der Waals surface area contributed by atoms with Gasteiger partial charge >= 0.3 is 13.4 Å². The van der Waals surface area contributed by atoms with Crippen molar-refractivity contribution < 1.29 is 28.0 Å². The molecule has 0 spiro atoms. The molecule has 1 heterocycles. The molecule has 1 aromatic heterocycles. The fraction of sp³-hybridized carbons (Fsp3) is 0.656. The number of fused-ring (bicyclic) bond motifs is 1. The Morgan fingerprint density at radius 2 is 1.57 bits per heavy atom. The van der Waals surface area contributed by atoms with Gasteiger partial charge in [0, 0.05) is 36.3 Å². The zero-order valence-corrected chi connectivity index (χ0v) is 26.7. The molecule has 0 bridgehead atoms. The lowest BCUT2D eigenvalue weighted by molar-refractivity contribution is 0.108. The number of phosphoric acid groups is 1. The van der Waals surface area contributed by atoms with Gasteiger partial charge in [-0.25, -0.2) is 9.36 Å². The molecular weight excluding hydrogens is 555 g/mol. The van der Waals surface area contributed by atoms with E-state index < -0.39 is 25.6 Å². The van der Waals surface area contributed by atoms with Crippen LogP contribution in [0.4, 0.5) is 5.69 Å². The highest BCUT2D eigenvalue weighted by Crippen LogP contribution is 2.44. The van der Waals surface area contributed by atoms with Crippen molar-refractivity contribution in [1.82, 2.24) is 0 Å². The minimum atomic E-state index is -4.50. The van der Waals surface area contributed by atoms with Crippen LogP contribution in [-0.2, 0) is 20.2 Å². The minimum absolute atomic E-state index is 0.336. The molecule has 0 saturated heterocycles. The smallest absolute Gasteiger partial charge is 0.423 e. The van der Waals surface area contributed by atoms with Crippen molar-refractivity contribution in [3.8, 4) is 0 Å². The molecule has 0 aliphatic carbocycles. The van der Waals surface area contributed by atoms with Crippen LogP contribution >= 0.6 is 7.82 Å². The van der Waals surface area contributed by atoms with Crippen LogP contribution in [0.2, 0.25) is 0 Å². The van der Waals surface area contributed by atoms with Crippen LogP contribution in [0.1, 0.15) is 103 Å². The summed E-state index contributed by atoms with van der Waals surface area (Å²) in [7, 11) is -4.50. The van der Waals surface area contributed by atoms with Crippen LogP contribution in [0.25, 0.3) is 11.0 Å². The van der Waals surface area contributed by atoms with E-state index in [0.717, 1.165) is 38.0 Å². The molecule has 0 amide bonds. The van der Waals surface area contributed by atoms with Gasteiger partial charge in [0.25, 0.3) is 0 Å². The number of nitrogens with zero attached hydrogens (tertiary/aromatic N) is 1. The van der Waals surface area contributed by atoms with Crippen molar-refractivity contribution in [1.29, 1.82) is 0 Å². The summed E-state index contributed by atoms with van der Waals surface area (Å²) in [5.41, 5.74) is 7.05. The van der Waals surface area contributed by atoms with Gasteiger partial charge in [-0.05, 0) is 44.4 Å². The Balaban J connectivity index is 1.71. The van der Waals surface area contributed by atoms with E-state index in [1.165, 1.54) is 63.9 Å². The van der Waals surface area contributed by atoms with Gasteiger partial charge < -0.3 is 25.1 Å². The lowest BCUT2D eigenvalue weighted by atomic mass is 10.0. The van der Waals surface area contributed by atoms with Gasteiger partial charge in [-0.1, -0.05) is 83.3 Å². The molecule has 2 rings (SSSR count). The molecule has 10 heteroatoms. The Kier molecular flexibility index (Phi) is 17.3. The van der Waals surface area contributed by atoms with Crippen LogP contribution in [0.5, 0.6) is 0 Å². The molecule has 3 atom stereocenters. The molecule has 2 aromatic rings. The van der Waals surface area contributed by atoms with Crippen LogP contribution in [-0.4, -0.2) is 41.8 Å². The third-order valence-electron chi connectivity index (χ3n) is 7.50. The highest BCUT2D eigenvalue weighted by Gasteiger charge is 2.25. The third-order valence-corrected chi connectivity index (χ3v) is 8.43. The lowest BCUT2D eigenvalue weighted by Gasteiger charge is -2.21. The van der Waals surface area contributed by atoms with E-state index in [-0.39, 0.29) is 13.2 Å². The first-order valence-corrected chi connectivity index (χ1v) is 17.2. The second kappa shape index (κ2) is 20.0. The van der Waals surface area contributed by atoms with E-state index in [4.69, 9.17) is 19.2 Å². The zero-order valence-electron chi connectivity index (χ0n) is 25.8. The van der Waals surface area contributed by atoms with Crippen LogP contribution in [0.3, 0.4) is 0 Å². The Hall–Kier alpha value is -2.00. The first-order chi connectivity index (χ1) is 20.2. The second-order valence-electron chi connectivity index (χ2n) is 10.9. The summed E-state index contributed by atoms with van der Waals surface area (Å²) < 4.78 is 28.0. The van der Waals surface area contributed by atoms with Gasteiger partial charge in [0.1, 0.15) is 5.58 Å². The van der Waals surface area contributed by atoms with E-state index >= 15 is 0 Å². The molecule has 0 radical (unpaired) electrons. The van der Waals surface area contributed by atoms with Gasteiger partial charge in [0.15, 0.2) is 0 Å². The Morgan fingerprint density at radius 3 is 2.19 bits per heavy atom. The highest BCUT2D eigenvalue weighted by atomic mass is 31.2. The average molecular weight is 609 g/mol. The summed E-state index contributed by atoms with van der Waals surface area (Å²) >= 11 is 0. The zero-order chi connectivity index (χ0) is 30.8. The Bertz CT molecular complexity index is 1170. The maximum Gasteiger partial charge on any atom is 0.472 e. The quantitative estimate of drug-likeness (QED) is 0.0517. The first-order valence-electron chi connectivity index (χ1n) is 15.7. The maximum absolute atomic E-state index is 12.5. The normalized spacial score (nSPS) is 14.8. The van der Waals surface area contributed by atoms with E-state index in [0.29, 0.717) is 16.5 Å². The van der Waals surface area contributed by atoms with Crippen LogP contribution in [0, 0.1) is 0 Å². The average Bonchev–Trinajstić information content (AvgIpc) is 2.97. The molecule has 0 saturated carbocycles. The number of benzene rings is 1. The maximum atomic E-state index is 12.5. The third kappa shape index (κ3) is 13.5. The number of unbranched alkanes of at least 4 members (excludes halogenated alkanes) is 11. The molecule has 1 aromatic carbocycles. The number of hydrogen-bond donors (Lipinski definition) is 3. The number of allylic oxidation sites excluding steroid dienone is 1. The lowest BCUT2D eigenvalue weighted by Crippen LogP contribution is -2.37. The summed E-state index contributed by atoms with van der Waals surface area (Å²) in [6, 6.07) is 5.80. The standard InChI is InChI=1S/C32H53N2O7P/c1-4-7-8-9-10-11-12-13-14-15-16-17-18-19-30(35)29(33)25-40-42(37,38)39-24-26-22-32(36)41-31-23-27(20-21-28(26)31)34(5-2)6-3/h18-23,29-30,35H,4-17,24-25,33H2,1-3H3,(H,37,38)/b19-18+/t29-,30+/m0/s1. The number of aliphatic hydroxyl groups excluding tert-OH is 1. The fourth-order valence-corrected chi connectivity index (χ4v) is 5.63. The molecule has 238 valence electrons. The molecule has 9 nitrogen and oxygen atoms in total. The summed E-state index contributed by atoms with van der Waals surface area (Å²) in [4.78, 5) is 24.4. The number of aliphatic hydroxyl groups is 1. The summed E-state index contributed by atoms with van der Waals surface area (Å²) in [6.07, 6.45) is 17.4. The number of phosphoric ester groups is 1. The first kappa shape index (κ1) is 36.2. The number of rotatable bonds is 23. The number of nitrogens with two attached hydrogens (primary N) is 1. The van der Waals surface area contributed by atoms with Gasteiger partial charge in [0.2, 0.25) is 0 Å². The predicted octanol–water partition coefficient (Wildman–Crippen LogP) is 7.22. The molecule has 42 heavy (non-hydrogen) atoms. The van der Waals surface area contributed by atoms with Gasteiger partial charge in [0.05, 0.1) is 25.4 Å². The molecule has 0 fully saturated rings. The number of hydrogen-bond acceptors (Lipinski definition) is 8. The fourth-order valence-electron chi connectivity index (χ4n) is 4.90. The Morgan fingerprint density at radius 1 is 0.952 bits per heavy atom. The van der Waals surface area contributed by atoms with Gasteiger partial charge in [-0.15, -0.1) is 0 Å². The summed E-state index contributed by atoms with van der Waals surface area (Å²) in [5.74, 6) is 0. The van der Waals surface area contributed by atoms with E-state index in [1.807, 2.05) is 26.0 Å². The van der Waals surface area contributed by atoms with Crippen molar-refractivity contribution in [3.63, 3.8) is 0 Å². The molecule has 4 N–H and O–H groups in total. The molecule has 0 aliphatic rings. The van der Waals surface area contributed by atoms with Crippen molar-refractivity contribution in [2.75, 3.05) is 24.6 Å². The van der Waals surface area contributed by atoms with Crippen molar-refractivity contribution in [3.05, 3.63) is 52.4 Å². The summed E-state index contributed by atoms with van der Waals surface area (Å²) in [6.45, 7) is 7.20. The van der Waals surface area contributed by atoms with Crippen molar-refractivity contribution >= 4 is 24.5 Å². The van der Waals surface area contributed by atoms with Crippen molar-refractivity contribution in [2.24, 2.45) is 5.73 Å². The van der Waals surface area contributed by atoms with Crippen LogP contribution < -0.4 is 16.3 Å². The van der Waals surface area contributed by atoms with Crippen molar-refractivity contribution in [2.45, 2.75) is 117 Å². The van der Waals surface area contributed by atoms with E-state index in [9.17, 15) is 19.4 Å². The molecule has 1 unspecified atom stereocenters. The SMILES string of the molecule is CCCCCCCCCCCCC/C=C/[C@@H](O)[C@@H](N)COP(=O)(O)OCc1cc(=O)oc2cc(N(CC)CC)ccc12.